The maximum absolute atomic E-state index is 13.5. The quantitative estimate of drug-likeness (QED) is 0.534. The number of nitrogens with one attached hydrogen (secondary N) is 1. The second kappa shape index (κ2) is 9.87. The first kappa shape index (κ1) is 24.4. The van der Waals surface area contributed by atoms with Crippen molar-refractivity contribution in [3.8, 4) is 17.2 Å². The van der Waals surface area contributed by atoms with Gasteiger partial charge in [0.15, 0.2) is 17.6 Å². The fraction of sp³-hybridized carbons (Fsp3) is 0.269. The molecule has 1 heterocycles. The molecular weight excluding hydrogens is 468 g/mol. The van der Waals surface area contributed by atoms with Crippen LogP contribution in [0.4, 0.5) is 5.69 Å². The molecule has 1 N–H and O–H groups in total. The summed E-state index contributed by atoms with van der Waals surface area (Å²) in [6.07, 6.45) is -1.03. The topological polar surface area (TPSA) is 94.2 Å². The molecule has 4 rings (SSSR count). The van der Waals surface area contributed by atoms with Gasteiger partial charge in [-0.15, -0.1) is 0 Å². The van der Waals surface area contributed by atoms with Crippen molar-refractivity contribution in [3.63, 3.8) is 0 Å². The molecule has 8 nitrogen and oxygen atoms in total. The molecule has 0 saturated carbocycles. The van der Waals surface area contributed by atoms with E-state index >= 15 is 0 Å². The van der Waals surface area contributed by atoms with Gasteiger partial charge in [0.1, 0.15) is 5.75 Å². The number of fused-ring (bicyclic) bond motifs is 1. The normalized spacial score (nSPS) is 16.0. The summed E-state index contributed by atoms with van der Waals surface area (Å²) >= 11 is 0. The Morgan fingerprint density at radius 1 is 1.03 bits per heavy atom. The lowest BCUT2D eigenvalue weighted by molar-refractivity contribution is -0.128. The number of rotatable bonds is 7. The first-order valence-electron chi connectivity index (χ1n) is 11.1. The monoisotopic (exact) mass is 496 g/mol. The fourth-order valence-electron chi connectivity index (χ4n) is 3.92. The SMILES string of the molecule is COc1ccc([C@H](C)NC(=O)[C@@H]2CN(S(=O)(=O)c3ccc(C)cc3)c3ccccc3O2)cc1OC. The van der Waals surface area contributed by atoms with Crippen molar-refractivity contribution in [2.45, 2.75) is 30.9 Å². The molecule has 1 amide bonds. The van der Waals surface area contributed by atoms with E-state index in [0.29, 0.717) is 22.9 Å². The summed E-state index contributed by atoms with van der Waals surface area (Å²) in [7, 11) is -0.817. The van der Waals surface area contributed by atoms with E-state index in [0.717, 1.165) is 11.1 Å². The van der Waals surface area contributed by atoms with Gasteiger partial charge in [-0.05, 0) is 55.8 Å². The molecule has 0 unspecified atom stereocenters. The molecule has 1 aliphatic heterocycles. The van der Waals surface area contributed by atoms with Gasteiger partial charge >= 0.3 is 0 Å². The van der Waals surface area contributed by atoms with E-state index in [1.807, 2.05) is 19.9 Å². The highest BCUT2D eigenvalue weighted by Crippen LogP contribution is 2.37. The Bertz CT molecular complexity index is 1320. The van der Waals surface area contributed by atoms with Crippen LogP contribution >= 0.6 is 0 Å². The molecule has 35 heavy (non-hydrogen) atoms. The number of ether oxygens (including phenoxy) is 3. The maximum Gasteiger partial charge on any atom is 0.264 e. The van der Waals surface area contributed by atoms with Crippen molar-refractivity contribution in [2.24, 2.45) is 0 Å². The van der Waals surface area contributed by atoms with E-state index in [-0.39, 0.29) is 17.5 Å². The molecule has 184 valence electrons. The van der Waals surface area contributed by atoms with Crippen molar-refractivity contribution in [3.05, 3.63) is 77.9 Å². The number of carbonyl (C=O) groups excluding carboxylic acids is 1. The van der Waals surface area contributed by atoms with Crippen LogP contribution in [-0.2, 0) is 14.8 Å². The molecule has 3 aromatic rings. The molecule has 1 aliphatic rings. The van der Waals surface area contributed by atoms with Gasteiger partial charge in [-0.2, -0.15) is 0 Å². The van der Waals surface area contributed by atoms with Gasteiger partial charge in [0.05, 0.1) is 37.4 Å². The highest BCUT2D eigenvalue weighted by molar-refractivity contribution is 7.92. The summed E-state index contributed by atoms with van der Waals surface area (Å²) in [6, 6.07) is 18.4. The van der Waals surface area contributed by atoms with E-state index in [1.54, 1.807) is 74.9 Å². The molecule has 0 fully saturated rings. The first-order chi connectivity index (χ1) is 16.7. The van der Waals surface area contributed by atoms with Crippen LogP contribution in [0.5, 0.6) is 17.2 Å². The van der Waals surface area contributed by atoms with Gasteiger partial charge in [0, 0.05) is 0 Å². The number of hydrogen-bond acceptors (Lipinski definition) is 6. The van der Waals surface area contributed by atoms with E-state index in [2.05, 4.69) is 5.32 Å². The molecule has 0 bridgehead atoms. The third-order valence-corrected chi connectivity index (χ3v) is 7.70. The highest BCUT2D eigenvalue weighted by atomic mass is 32.2. The fourth-order valence-corrected chi connectivity index (χ4v) is 5.39. The van der Waals surface area contributed by atoms with Crippen LogP contribution in [0.15, 0.2) is 71.6 Å². The number of methoxy groups -OCH3 is 2. The Morgan fingerprint density at radius 3 is 2.40 bits per heavy atom. The Balaban J connectivity index is 1.59. The number of anilines is 1. The van der Waals surface area contributed by atoms with E-state index in [1.165, 1.54) is 4.31 Å². The summed E-state index contributed by atoms with van der Waals surface area (Å²) < 4.78 is 44.8. The smallest absolute Gasteiger partial charge is 0.264 e. The molecular formula is C26H28N2O6S. The largest absolute Gasteiger partial charge is 0.493 e. The number of carbonyl (C=O) groups is 1. The van der Waals surface area contributed by atoms with Gasteiger partial charge in [0.25, 0.3) is 15.9 Å². The summed E-state index contributed by atoms with van der Waals surface area (Å²) in [5, 5.41) is 2.92. The van der Waals surface area contributed by atoms with Crippen molar-refractivity contribution in [1.29, 1.82) is 0 Å². The van der Waals surface area contributed by atoms with Crippen LogP contribution in [0, 0.1) is 6.92 Å². The van der Waals surface area contributed by atoms with E-state index in [9.17, 15) is 13.2 Å². The number of hydrogen-bond donors (Lipinski definition) is 1. The van der Waals surface area contributed by atoms with Crippen LogP contribution in [0.2, 0.25) is 0 Å². The van der Waals surface area contributed by atoms with Gasteiger partial charge in [0.2, 0.25) is 0 Å². The van der Waals surface area contributed by atoms with Gasteiger partial charge in [-0.1, -0.05) is 35.9 Å². The lowest BCUT2D eigenvalue weighted by Crippen LogP contribution is -2.51. The van der Waals surface area contributed by atoms with Gasteiger partial charge in [-0.3, -0.25) is 9.10 Å². The predicted octanol–water partition coefficient (Wildman–Crippen LogP) is 3.85. The minimum Gasteiger partial charge on any atom is -0.493 e. The Hall–Kier alpha value is -3.72. The summed E-state index contributed by atoms with van der Waals surface area (Å²) in [5.74, 6) is 1.03. The molecule has 0 aliphatic carbocycles. The standard InChI is InChI=1S/C26H28N2O6S/c1-17-9-12-20(13-10-17)35(30,31)28-16-25(34-22-8-6-5-7-21(22)28)26(29)27-18(2)19-11-14-23(32-3)24(15-19)33-4/h5-15,18,25H,16H2,1-4H3,(H,27,29)/t18-,25-/m0/s1. The number of para-hydroxylation sites is 2. The molecule has 0 spiro atoms. The molecule has 2 atom stereocenters. The first-order valence-corrected chi connectivity index (χ1v) is 12.6. The number of nitrogens with zero attached hydrogens (tertiary/aromatic N) is 1. The molecule has 3 aromatic carbocycles. The van der Waals surface area contributed by atoms with E-state index in [4.69, 9.17) is 14.2 Å². The molecule has 0 saturated heterocycles. The minimum atomic E-state index is -3.91. The molecule has 9 heteroatoms. The maximum atomic E-state index is 13.5. The number of sulfonamides is 1. The zero-order valence-corrected chi connectivity index (χ0v) is 20.8. The number of amides is 1. The Labute approximate surface area is 205 Å². The average Bonchev–Trinajstić information content (AvgIpc) is 2.87. The Morgan fingerprint density at radius 2 is 1.71 bits per heavy atom. The second-order valence-corrected chi connectivity index (χ2v) is 10.1. The van der Waals surface area contributed by atoms with Gasteiger partial charge < -0.3 is 19.5 Å². The molecule has 0 aromatic heterocycles. The zero-order valence-electron chi connectivity index (χ0n) is 20.0. The van der Waals surface area contributed by atoms with Crippen molar-refractivity contribution in [1.82, 2.24) is 5.32 Å². The van der Waals surface area contributed by atoms with Crippen LogP contribution in [0.1, 0.15) is 24.1 Å². The van der Waals surface area contributed by atoms with Crippen LogP contribution in [0.3, 0.4) is 0 Å². The number of benzene rings is 3. The molecule has 0 radical (unpaired) electrons. The highest BCUT2D eigenvalue weighted by Gasteiger charge is 2.37. The lowest BCUT2D eigenvalue weighted by atomic mass is 10.1. The van der Waals surface area contributed by atoms with Crippen LogP contribution in [0.25, 0.3) is 0 Å². The summed E-state index contributed by atoms with van der Waals surface area (Å²) in [5.41, 5.74) is 2.15. The summed E-state index contributed by atoms with van der Waals surface area (Å²) in [4.78, 5) is 13.4. The third kappa shape index (κ3) is 4.90. The Kier molecular flexibility index (Phi) is 6.88. The van der Waals surface area contributed by atoms with E-state index < -0.39 is 22.0 Å². The van der Waals surface area contributed by atoms with Crippen LogP contribution in [-0.4, -0.2) is 41.2 Å². The number of aryl methyl sites for hydroxylation is 1. The van der Waals surface area contributed by atoms with Crippen molar-refractivity contribution in [2.75, 3.05) is 25.1 Å². The van der Waals surface area contributed by atoms with Gasteiger partial charge in [-0.25, -0.2) is 8.42 Å². The zero-order chi connectivity index (χ0) is 25.2. The minimum absolute atomic E-state index is 0.151. The lowest BCUT2D eigenvalue weighted by Gasteiger charge is -2.35. The average molecular weight is 497 g/mol. The van der Waals surface area contributed by atoms with Crippen molar-refractivity contribution < 1.29 is 27.4 Å². The predicted molar refractivity (Wildman–Crippen MR) is 133 cm³/mol. The summed E-state index contributed by atoms with van der Waals surface area (Å²) in [6.45, 7) is 3.56. The van der Waals surface area contributed by atoms with Crippen molar-refractivity contribution >= 4 is 21.6 Å². The van der Waals surface area contributed by atoms with Crippen LogP contribution < -0.4 is 23.8 Å². The third-order valence-electron chi connectivity index (χ3n) is 5.90. The second-order valence-electron chi connectivity index (χ2n) is 8.27.